The van der Waals surface area contributed by atoms with Gasteiger partial charge in [0, 0.05) is 13.1 Å². The molecule has 0 aromatic carbocycles. The van der Waals surface area contributed by atoms with Gasteiger partial charge in [0.1, 0.15) is 0 Å². The molecule has 0 unspecified atom stereocenters. The zero-order valence-corrected chi connectivity index (χ0v) is 10.1. The van der Waals surface area contributed by atoms with Gasteiger partial charge in [-0.15, -0.1) is 0 Å². The Labute approximate surface area is 92.5 Å². The van der Waals surface area contributed by atoms with E-state index in [0.717, 1.165) is 32.7 Å². The smallest absolute Gasteiger partial charge is 0.153 e. The van der Waals surface area contributed by atoms with Crippen molar-refractivity contribution in [2.45, 2.75) is 20.8 Å². The van der Waals surface area contributed by atoms with Crippen molar-refractivity contribution in [2.75, 3.05) is 39.3 Å². The summed E-state index contributed by atoms with van der Waals surface area (Å²) in [6.45, 7) is 12.0. The molecule has 0 amide bonds. The second kappa shape index (κ2) is 8.49. The highest BCUT2D eigenvalue weighted by atomic mass is 16.4. The maximum absolute atomic E-state index is 8.47. The Kier molecular flexibility index (Phi) is 8.04. The zero-order chi connectivity index (χ0) is 11.7. The molecule has 0 heterocycles. The van der Waals surface area contributed by atoms with Crippen LogP contribution in [0.1, 0.15) is 20.8 Å². The number of nitrogens with two attached hydrogens (primary N) is 1. The molecule has 0 bridgehead atoms. The highest BCUT2D eigenvalue weighted by Gasteiger charge is 2.06. The lowest BCUT2D eigenvalue weighted by atomic mass is 10.4. The molecule has 0 saturated carbocycles. The maximum atomic E-state index is 8.47. The van der Waals surface area contributed by atoms with Gasteiger partial charge in [-0.3, -0.25) is 4.90 Å². The SMILES string of the molecule is CCN(CC)CCN(CC)CC(N)=NO. The van der Waals surface area contributed by atoms with E-state index in [1.807, 2.05) is 0 Å². The summed E-state index contributed by atoms with van der Waals surface area (Å²) in [6, 6.07) is 0. The molecule has 0 spiro atoms. The first-order chi connectivity index (χ1) is 7.17. The van der Waals surface area contributed by atoms with Gasteiger partial charge in [-0.1, -0.05) is 25.9 Å². The van der Waals surface area contributed by atoms with Crippen LogP contribution in [-0.4, -0.2) is 60.1 Å². The van der Waals surface area contributed by atoms with Crippen LogP contribution in [-0.2, 0) is 0 Å². The molecule has 0 saturated heterocycles. The lowest BCUT2D eigenvalue weighted by Crippen LogP contribution is -2.39. The van der Waals surface area contributed by atoms with Gasteiger partial charge >= 0.3 is 0 Å². The van der Waals surface area contributed by atoms with Crippen LogP contribution in [0.15, 0.2) is 5.16 Å². The van der Waals surface area contributed by atoms with Gasteiger partial charge in [-0.25, -0.2) is 0 Å². The Bertz CT molecular complexity index is 180. The Hall–Kier alpha value is -0.810. The normalized spacial score (nSPS) is 12.7. The predicted molar refractivity (Wildman–Crippen MR) is 63.3 cm³/mol. The fourth-order valence-corrected chi connectivity index (χ4v) is 1.43. The third-order valence-corrected chi connectivity index (χ3v) is 2.59. The zero-order valence-electron chi connectivity index (χ0n) is 10.1. The van der Waals surface area contributed by atoms with E-state index in [4.69, 9.17) is 10.9 Å². The first-order valence-corrected chi connectivity index (χ1v) is 5.58. The number of hydrogen-bond acceptors (Lipinski definition) is 4. The molecule has 5 heteroatoms. The summed E-state index contributed by atoms with van der Waals surface area (Å²) in [7, 11) is 0. The Morgan fingerprint density at radius 2 is 1.53 bits per heavy atom. The van der Waals surface area contributed by atoms with Gasteiger partial charge < -0.3 is 15.8 Å². The summed E-state index contributed by atoms with van der Waals surface area (Å²) in [5.41, 5.74) is 5.47. The molecule has 0 atom stereocenters. The second-order valence-corrected chi connectivity index (χ2v) is 3.49. The van der Waals surface area contributed by atoms with Crippen LogP contribution < -0.4 is 5.73 Å². The topological polar surface area (TPSA) is 65.1 Å². The van der Waals surface area contributed by atoms with Gasteiger partial charge in [-0.05, 0) is 19.6 Å². The molecule has 0 aliphatic carbocycles. The van der Waals surface area contributed by atoms with Gasteiger partial charge in [0.15, 0.2) is 5.84 Å². The van der Waals surface area contributed by atoms with Crippen molar-refractivity contribution < 1.29 is 5.21 Å². The Morgan fingerprint density at radius 1 is 1.07 bits per heavy atom. The Balaban J connectivity index is 3.89. The van der Waals surface area contributed by atoms with E-state index in [0.29, 0.717) is 6.54 Å². The van der Waals surface area contributed by atoms with E-state index in [2.05, 4.69) is 35.7 Å². The monoisotopic (exact) mass is 216 g/mol. The molecule has 90 valence electrons. The number of amidine groups is 1. The maximum Gasteiger partial charge on any atom is 0.153 e. The lowest BCUT2D eigenvalue weighted by molar-refractivity contribution is 0.234. The fourth-order valence-electron chi connectivity index (χ4n) is 1.43. The summed E-state index contributed by atoms with van der Waals surface area (Å²) in [5.74, 6) is 0.274. The van der Waals surface area contributed by atoms with Gasteiger partial charge in [0.25, 0.3) is 0 Å². The molecule has 0 radical (unpaired) electrons. The largest absolute Gasteiger partial charge is 0.409 e. The van der Waals surface area contributed by atoms with Crippen LogP contribution in [0, 0.1) is 0 Å². The molecular formula is C10H24N4O. The minimum Gasteiger partial charge on any atom is -0.409 e. The van der Waals surface area contributed by atoms with Crippen LogP contribution in [0.5, 0.6) is 0 Å². The van der Waals surface area contributed by atoms with Crippen LogP contribution in [0.2, 0.25) is 0 Å². The molecule has 0 rings (SSSR count). The molecule has 0 aromatic heterocycles. The van der Waals surface area contributed by atoms with Crippen LogP contribution in [0.3, 0.4) is 0 Å². The van der Waals surface area contributed by atoms with Crippen molar-refractivity contribution in [2.24, 2.45) is 10.9 Å². The van der Waals surface area contributed by atoms with Gasteiger partial charge in [0.05, 0.1) is 6.54 Å². The van der Waals surface area contributed by atoms with E-state index < -0.39 is 0 Å². The van der Waals surface area contributed by atoms with E-state index in [1.165, 1.54) is 0 Å². The van der Waals surface area contributed by atoms with Crippen LogP contribution >= 0.6 is 0 Å². The highest BCUT2D eigenvalue weighted by Crippen LogP contribution is 1.92. The van der Waals surface area contributed by atoms with E-state index in [1.54, 1.807) is 0 Å². The molecular weight excluding hydrogens is 192 g/mol. The summed E-state index contributed by atoms with van der Waals surface area (Å²) >= 11 is 0. The summed E-state index contributed by atoms with van der Waals surface area (Å²) < 4.78 is 0. The first-order valence-electron chi connectivity index (χ1n) is 5.58. The third kappa shape index (κ3) is 6.30. The minimum absolute atomic E-state index is 0.274. The third-order valence-electron chi connectivity index (χ3n) is 2.59. The number of oxime groups is 1. The van der Waals surface area contributed by atoms with Crippen molar-refractivity contribution in [3.8, 4) is 0 Å². The molecule has 0 fully saturated rings. The van der Waals surface area contributed by atoms with Crippen LogP contribution in [0.4, 0.5) is 0 Å². The van der Waals surface area contributed by atoms with E-state index in [9.17, 15) is 0 Å². The molecule has 15 heavy (non-hydrogen) atoms. The number of rotatable bonds is 8. The van der Waals surface area contributed by atoms with Crippen molar-refractivity contribution in [3.05, 3.63) is 0 Å². The fraction of sp³-hybridized carbons (Fsp3) is 0.900. The average Bonchev–Trinajstić information content (AvgIpc) is 2.28. The summed E-state index contributed by atoms with van der Waals surface area (Å²) in [5, 5.41) is 11.5. The molecule has 0 aromatic rings. The van der Waals surface area contributed by atoms with Crippen LogP contribution in [0.25, 0.3) is 0 Å². The van der Waals surface area contributed by atoms with Gasteiger partial charge in [0.2, 0.25) is 0 Å². The minimum atomic E-state index is 0.274. The predicted octanol–water partition coefficient (Wildman–Crippen LogP) is 0.397. The standard InChI is InChI=1S/C10H24N4O/c1-4-13(5-2)7-8-14(6-3)9-10(11)12-15/h15H,4-9H2,1-3H3,(H2,11,12). The quantitative estimate of drug-likeness (QED) is 0.267. The van der Waals surface area contributed by atoms with Gasteiger partial charge in [-0.2, -0.15) is 0 Å². The molecule has 5 nitrogen and oxygen atoms in total. The number of hydrogen-bond donors (Lipinski definition) is 2. The molecule has 3 N–H and O–H groups in total. The number of likely N-dealkylation sites (N-methyl/N-ethyl adjacent to an activating group) is 2. The second-order valence-electron chi connectivity index (χ2n) is 3.49. The lowest BCUT2D eigenvalue weighted by Gasteiger charge is -2.24. The first kappa shape index (κ1) is 14.2. The van der Waals surface area contributed by atoms with Crippen molar-refractivity contribution in [3.63, 3.8) is 0 Å². The summed E-state index contributed by atoms with van der Waals surface area (Å²) in [6.07, 6.45) is 0. The number of nitrogens with zero attached hydrogens (tertiary/aromatic N) is 3. The van der Waals surface area contributed by atoms with Crippen molar-refractivity contribution in [1.29, 1.82) is 0 Å². The van der Waals surface area contributed by atoms with E-state index in [-0.39, 0.29) is 5.84 Å². The van der Waals surface area contributed by atoms with Crippen molar-refractivity contribution >= 4 is 5.84 Å². The Morgan fingerprint density at radius 3 is 1.93 bits per heavy atom. The average molecular weight is 216 g/mol. The highest BCUT2D eigenvalue weighted by molar-refractivity contribution is 5.81. The van der Waals surface area contributed by atoms with E-state index >= 15 is 0 Å². The van der Waals surface area contributed by atoms with Crippen molar-refractivity contribution in [1.82, 2.24) is 9.80 Å². The molecule has 0 aliphatic rings. The molecule has 0 aliphatic heterocycles. The summed E-state index contributed by atoms with van der Waals surface area (Å²) in [4.78, 5) is 4.52.